The second-order valence-electron chi connectivity index (χ2n) is 5.61. The van der Waals surface area contributed by atoms with Gasteiger partial charge in [0, 0.05) is 18.9 Å². The van der Waals surface area contributed by atoms with Gasteiger partial charge in [-0.15, -0.1) is 0 Å². The van der Waals surface area contributed by atoms with E-state index in [0.29, 0.717) is 12.2 Å². The van der Waals surface area contributed by atoms with Crippen molar-refractivity contribution in [3.63, 3.8) is 0 Å². The Morgan fingerprint density at radius 1 is 0.864 bits per heavy atom. The van der Waals surface area contributed by atoms with Crippen molar-refractivity contribution in [2.45, 2.75) is 77.6 Å². The van der Waals surface area contributed by atoms with Crippen LogP contribution in [0.2, 0.25) is 0 Å². The maximum atomic E-state index is 11.7. The zero-order valence-electron chi connectivity index (χ0n) is 14.3. The van der Waals surface area contributed by atoms with Crippen molar-refractivity contribution in [1.82, 2.24) is 0 Å². The van der Waals surface area contributed by atoms with Crippen molar-refractivity contribution in [2.24, 2.45) is 0 Å². The van der Waals surface area contributed by atoms with Gasteiger partial charge in [0.1, 0.15) is 5.78 Å². The predicted octanol–water partition coefficient (Wildman–Crippen LogP) is 5.15. The number of methoxy groups -OCH3 is 1. The number of ketones is 1. The molecular weight excluding hydrogens is 276 g/mol. The summed E-state index contributed by atoms with van der Waals surface area (Å²) in [6, 6.07) is 0. The summed E-state index contributed by atoms with van der Waals surface area (Å²) in [4.78, 5) is 22.5. The number of unbranched alkanes of at least 4 members (excludes halogenated alkanes) is 7. The van der Waals surface area contributed by atoms with Crippen LogP contribution in [0.15, 0.2) is 24.3 Å². The molecule has 0 atom stereocenters. The number of hydrogen-bond acceptors (Lipinski definition) is 3. The van der Waals surface area contributed by atoms with E-state index in [-0.39, 0.29) is 5.97 Å². The van der Waals surface area contributed by atoms with E-state index in [0.717, 1.165) is 25.7 Å². The summed E-state index contributed by atoms with van der Waals surface area (Å²) in [5.41, 5.74) is 0. The minimum atomic E-state index is -0.352. The standard InChI is InChI=1S/C19H32O3/c1-3-4-5-6-7-9-12-15-18(20)16-13-10-8-11-14-17-19(21)22-2/h8,11,14,17H,3-7,9-10,12-13,15-16H2,1-2H3. The van der Waals surface area contributed by atoms with Gasteiger partial charge in [-0.3, -0.25) is 4.79 Å². The Morgan fingerprint density at radius 2 is 1.50 bits per heavy atom. The van der Waals surface area contributed by atoms with Crippen LogP contribution < -0.4 is 0 Å². The molecule has 22 heavy (non-hydrogen) atoms. The molecule has 0 aromatic rings. The van der Waals surface area contributed by atoms with E-state index >= 15 is 0 Å². The summed E-state index contributed by atoms with van der Waals surface area (Å²) < 4.78 is 4.48. The fourth-order valence-electron chi connectivity index (χ4n) is 2.20. The Kier molecular flexibility index (Phi) is 15.0. The Balaban J connectivity index is 3.41. The van der Waals surface area contributed by atoms with Crippen molar-refractivity contribution in [1.29, 1.82) is 0 Å². The Morgan fingerprint density at radius 3 is 2.18 bits per heavy atom. The summed E-state index contributed by atoms with van der Waals surface area (Å²) in [5, 5.41) is 0. The molecule has 0 N–H and O–H groups in total. The molecule has 0 heterocycles. The number of carbonyl (C=O) groups excluding carboxylic acids is 2. The van der Waals surface area contributed by atoms with Gasteiger partial charge in [-0.25, -0.2) is 4.79 Å². The summed E-state index contributed by atoms with van der Waals surface area (Å²) in [5.74, 6) is 0.0292. The molecule has 0 spiro atoms. The number of esters is 1. The number of rotatable bonds is 14. The number of carbonyl (C=O) groups is 2. The van der Waals surface area contributed by atoms with Gasteiger partial charge in [0.25, 0.3) is 0 Å². The number of Topliss-reactive ketones (excluding diaryl/α,β-unsaturated/α-hetero) is 1. The molecule has 3 nitrogen and oxygen atoms in total. The highest BCUT2D eigenvalue weighted by molar-refractivity contribution is 5.82. The molecule has 0 unspecified atom stereocenters. The first-order valence-electron chi connectivity index (χ1n) is 8.63. The lowest BCUT2D eigenvalue weighted by molar-refractivity contribution is -0.134. The fourth-order valence-corrected chi connectivity index (χ4v) is 2.20. The highest BCUT2D eigenvalue weighted by Gasteiger charge is 2.00. The Bertz CT molecular complexity index is 343. The SMILES string of the molecule is CCCCCCCCCC(=O)CCCC=CC=CC(=O)OC. The van der Waals surface area contributed by atoms with Crippen molar-refractivity contribution < 1.29 is 14.3 Å². The maximum Gasteiger partial charge on any atom is 0.330 e. The molecule has 0 radical (unpaired) electrons. The third-order valence-corrected chi connectivity index (χ3v) is 3.57. The van der Waals surface area contributed by atoms with Crippen LogP contribution in [0, 0.1) is 0 Å². The lowest BCUT2D eigenvalue weighted by atomic mass is 10.0. The first-order chi connectivity index (χ1) is 10.7. The van der Waals surface area contributed by atoms with E-state index in [1.807, 2.05) is 12.2 Å². The molecule has 0 bridgehead atoms. The van der Waals surface area contributed by atoms with Crippen molar-refractivity contribution >= 4 is 11.8 Å². The van der Waals surface area contributed by atoms with Crippen LogP contribution >= 0.6 is 0 Å². The lowest BCUT2D eigenvalue weighted by Crippen LogP contribution is -1.97. The fraction of sp³-hybridized carbons (Fsp3) is 0.684. The molecule has 0 aliphatic heterocycles. The number of hydrogen-bond donors (Lipinski definition) is 0. The maximum absolute atomic E-state index is 11.7. The van der Waals surface area contributed by atoms with E-state index in [4.69, 9.17) is 0 Å². The van der Waals surface area contributed by atoms with Gasteiger partial charge in [-0.1, -0.05) is 63.7 Å². The molecule has 0 saturated carbocycles. The molecule has 0 amide bonds. The Hall–Kier alpha value is -1.38. The molecule has 0 aromatic carbocycles. The van der Waals surface area contributed by atoms with Crippen molar-refractivity contribution in [3.05, 3.63) is 24.3 Å². The van der Waals surface area contributed by atoms with Gasteiger partial charge >= 0.3 is 5.97 Å². The summed E-state index contributed by atoms with van der Waals surface area (Å²) in [6.45, 7) is 2.23. The normalized spacial score (nSPS) is 11.4. The van der Waals surface area contributed by atoms with Gasteiger partial charge in [-0.05, 0) is 19.3 Å². The molecule has 0 aromatic heterocycles. The van der Waals surface area contributed by atoms with E-state index in [9.17, 15) is 9.59 Å². The van der Waals surface area contributed by atoms with Gasteiger partial charge in [0.15, 0.2) is 0 Å². The molecule has 0 saturated heterocycles. The number of allylic oxidation sites excluding steroid dienone is 3. The van der Waals surface area contributed by atoms with E-state index in [2.05, 4.69) is 11.7 Å². The molecule has 3 heteroatoms. The average Bonchev–Trinajstić information content (AvgIpc) is 2.52. The smallest absolute Gasteiger partial charge is 0.330 e. The quantitative estimate of drug-likeness (QED) is 0.193. The topological polar surface area (TPSA) is 43.4 Å². The van der Waals surface area contributed by atoms with Crippen LogP contribution in [0.5, 0.6) is 0 Å². The van der Waals surface area contributed by atoms with Crippen LogP contribution in [-0.4, -0.2) is 18.9 Å². The Labute approximate surface area is 135 Å². The average molecular weight is 308 g/mol. The van der Waals surface area contributed by atoms with Crippen LogP contribution in [0.4, 0.5) is 0 Å². The molecule has 126 valence electrons. The van der Waals surface area contributed by atoms with Crippen LogP contribution in [0.25, 0.3) is 0 Å². The van der Waals surface area contributed by atoms with E-state index in [1.54, 1.807) is 6.08 Å². The van der Waals surface area contributed by atoms with Crippen molar-refractivity contribution in [3.8, 4) is 0 Å². The second kappa shape index (κ2) is 16.0. The van der Waals surface area contributed by atoms with Gasteiger partial charge in [-0.2, -0.15) is 0 Å². The third kappa shape index (κ3) is 15.0. The lowest BCUT2D eigenvalue weighted by Gasteiger charge is -2.01. The first-order valence-corrected chi connectivity index (χ1v) is 8.63. The predicted molar refractivity (Wildman–Crippen MR) is 91.8 cm³/mol. The van der Waals surface area contributed by atoms with Gasteiger partial charge in [0.05, 0.1) is 7.11 Å². The highest BCUT2D eigenvalue weighted by atomic mass is 16.5. The molecular formula is C19H32O3. The minimum absolute atomic E-state index is 0.352. The van der Waals surface area contributed by atoms with E-state index < -0.39 is 0 Å². The van der Waals surface area contributed by atoms with Crippen LogP contribution in [0.3, 0.4) is 0 Å². The monoisotopic (exact) mass is 308 g/mol. The van der Waals surface area contributed by atoms with Gasteiger partial charge < -0.3 is 4.74 Å². The van der Waals surface area contributed by atoms with Crippen LogP contribution in [-0.2, 0) is 14.3 Å². The summed E-state index contributed by atoms with van der Waals surface area (Å²) in [7, 11) is 1.35. The third-order valence-electron chi connectivity index (χ3n) is 3.57. The second-order valence-corrected chi connectivity index (χ2v) is 5.61. The van der Waals surface area contributed by atoms with Crippen LogP contribution in [0.1, 0.15) is 77.6 Å². The molecule has 0 rings (SSSR count). The first kappa shape index (κ1) is 20.6. The number of ether oxygens (including phenoxy) is 1. The highest BCUT2D eigenvalue weighted by Crippen LogP contribution is 2.10. The van der Waals surface area contributed by atoms with E-state index in [1.165, 1.54) is 51.7 Å². The summed E-state index contributed by atoms with van der Waals surface area (Å²) >= 11 is 0. The zero-order chi connectivity index (χ0) is 16.5. The molecule has 0 fully saturated rings. The summed E-state index contributed by atoms with van der Waals surface area (Å²) in [6.07, 6.45) is 18.7. The molecule has 0 aliphatic carbocycles. The van der Waals surface area contributed by atoms with Crippen molar-refractivity contribution in [2.75, 3.05) is 7.11 Å². The van der Waals surface area contributed by atoms with Gasteiger partial charge in [0.2, 0.25) is 0 Å². The largest absolute Gasteiger partial charge is 0.466 e. The molecule has 0 aliphatic rings. The minimum Gasteiger partial charge on any atom is -0.466 e. The zero-order valence-corrected chi connectivity index (χ0v) is 14.3.